The molecule has 0 amide bonds. The molecule has 0 fully saturated rings. The number of hydrogen-bond donors (Lipinski definition) is 0. The van der Waals surface area contributed by atoms with E-state index in [2.05, 4.69) is 41.5 Å². The minimum Gasteiger partial charge on any atom is -0.490 e. The highest BCUT2D eigenvalue weighted by atomic mass is 16.5. The molecule has 0 unspecified atom stereocenters. The maximum Gasteiger partial charge on any atom is 0.195 e. The Balaban J connectivity index is 1.41. The first kappa shape index (κ1) is 72.1. The molecule has 7 aromatic carbocycles. The SMILES string of the molecule is CCCCCCCCCCOc1cc2c(cc1OCCCCCCCC)c(=O)c1c2c2c(=O)c3cc(OCCCCCCCC)c(OCCCCCCCCCC)cc3c2c2c(=O)c3cc(OCCCCCCCC)c(OCCCCCCCCCC)cc3c12. The Hall–Kier alpha value is -5.31. The number of ether oxygens (including phenoxy) is 6. The lowest BCUT2D eigenvalue weighted by Crippen LogP contribution is -2.04. The van der Waals surface area contributed by atoms with E-state index in [0.717, 1.165) is 116 Å². The van der Waals surface area contributed by atoms with Gasteiger partial charge in [-0.25, -0.2) is 0 Å². The lowest BCUT2D eigenvalue weighted by atomic mass is 9.99. The van der Waals surface area contributed by atoms with Gasteiger partial charge in [-0.15, -0.1) is 0 Å². The van der Waals surface area contributed by atoms with Crippen molar-refractivity contribution in [3.63, 3.8) is 0 Å². The standard InChI is InChI=1S/C81H120O9/c1-7-13-19-25-31-34-40-46-49-85-67-55-61-64(58-70(67)88-52-43-37-28-22-16-10-4)79(82)76-73(61)77-75(62-56-68(86-50-47-41-35-32-26-20-14-8-2)71(59-65(62)80(77)83)89-53-44-38-29-23-17-11-5)78-74(76)63-57-69(87-51-48-42-36-33-27-21-15-9-3)72(60-66(63)81(78)84)90-54-45-39-30-24-18-12-6/h55-60H,7-54H2,1-6H3. The molecule has 0 aromatic heterocycles. The Labute approximate surface area is 542 Å². The molecule has 0 saturated heterocycles. The van der Waals surface area contributed by atoms with Crippen LogP contribution < -0.4 is 44.7 Å². The lowest BCUT2D eigenvalue weighted by molar-refractivity contribution is 0.259. The van der Waals surface area contributed by atoms with Gasteiger partial charge in [0.05, 0.1) is 39.6 Å². The lowest BCUT2D eigenvalue weighted by Gasteiger charge is -2.14. The van der Waals surface area contributed by atoms with Crippen LogP contribution in [-0.4, -0.2) is 39.6 Å². The largest absolute Gasteiger partial charge is 0.490 e. The van der Waals surface area contributed by atoms with Crippen LogP contribution in [0.4, 0.5) is 0 Å². The average Bonchev–Trinajstić information content (AvgIpc) is 1.52. The first-order chi connectivity index (χ1) is 44.3. The highest BCUT2D eigenvalue weighted by Crippen LogP contribution is 2.48. The molecule has 0 aliphatic carbocycles. The van der Waals surface area contributed by atoms with E-state index in [1.807, 2.05) is 36.4 Å². The molecule has 7 rings (SSSR count). The van der Waals surface area contributed by atoms with Gasteiger partial charge in [-0.05, 0) is 91.1 Å². The van der Waals surface area contributed by atoms with Crippen LogP contribution in [0.5, 0.6) is 34.5 Å². The van der Waals surface area contributed by atoms with Crippen molar-refractivity contribution in [1.29, 1.82) is 0 Å². The van der Waals surface area contributed by atoms with E-state index in [0.29, 0.717) is 139 Å². The Bertz CT molecular complexity index is 2930. The summed E-state index contributed by atoms with van der Waals surface area (Å²) in [5.41, 5.74) is -0.695. The highest BCUT2D eigenvalue weighted by molar-refractivity contribution is 6.43. The molecule has 9 nitrogen and oxygen atoms in total. The van der Waals surface area contributed by atoms with Gasteiger partial charge >= 0.3 is 0 Å². The molecule has 498 valence electrons. The van der Waals surface area contributed by atoms with E-state index >= 15 is 14.4 Å². The Morgan fingerprint density at radius 1 is 0.189 bits per heavy atom. The Morgan fingerprint density at radius 3 is 0.500 bits per heavy atom. The smallest absolute Gasteiger partial charge is 0.195 e. The fraction of sp³-hybridized carbons (Fsp3) is 0.667. The summed E-state index contributed by atoms with van der Waals surface area (Å²) < 4.78 is 40.3. The molecule has 0 heterocycles. The van der Waals surface area contributed by atoms with E-state index in [-0.39, 0.29) is 16.3 Å². The van der Waals surface area contributed by atoms with Crippen molar-refractivity contribution in [3.05, 3.63) is 67.1 Å². The van der Waals surface area contributed by atoms with Crippen LogP contribution >= 0.6 is 0 Å². The first-order valence-electron chi connectivity index (χ1n) is 37.5. The molecule has 0 spiro atoms. The number of hydrogen-bond acceptors (Lipinski definition) is 9. The molecule has 0 saturated carbocycles. The second-order valence-corrected chi connectivity index (χ2v) is 26.6. The van der Waals surface area contributed by atoms with E-state index in [9.17, 15) is 0 Å². The summed E-state index contributed by atoms with van der Waals surface area (Å²) in [5.74, 6) is 3.33. The third-order valence-electron chi connectivity index (χ3n) is 19.0. The number of rotatable bonds is 54. The zero-order valence-corrected chi connectivity index (χ0v) is 57.6. The van der Waals surface area contributed by atoms with Crippen molar-refractivity contribution >= 4 is 64.6 Å². The van der Waals surface area contributed by atoms with Gasteiger partial charge in [-0.2, -0.15) is 0 Å². The maximum atomic E-state index is 15.9. The molecule has 90 heavy (non-hydrogen) atoms. The van der Waals surface area contributed by atoms with Crippen molar-refractivity contribution in [2.45, 2.75) is 311 Å². The van der Waals surface area contributed by atoms with Crippen molar-refractivity contribution < 1.29 is 28.4 Å². The minimum atomic E-state index is -0.232. The monoisotopic (exact) mass is 1240 g/mol. The van der Waals surface area contributed by atoms with Crippen molar-refractivity contribution in [2.75, 3.05) is 39.6 Å². The fourth-order valence-corrected chi connectivity index (χ4v) is 13.6. The van der Waals surface area contributed by atoms with Crippen LogP contribution in [0.3, 0.4) is 0 Å². The molecule has 9 heteroatoms. The van der Waals surface area contributed by atoms with Crippen LogP contribution in [0.25, 0.3) is 64.6 Å². The van der Waals surface area contributed by atoms with E-state index in [1.165, 1.54) is 154 Å². The summed E-state index contributed by atoms with van der Waals surface area (Å²) in [6.45, 7) is 16.5. The van der Waals surface area contributed by atoms with Crippen LogP contribution in [0, 0.1) is 0 Å². The number of unbranched alkanes of at least 4 members (excludes halogenated alkanes) is 36. The predicted molar refractivity (Wildman–Crippen MR) is 385 cm³/mol. The third-order valence-corrected chi connectivity index (χ3v) is 19.0. The summed E-state index contributed by atoms with van der Waals surface area (Å²) in [4.78, 5) is 47.6. The molecular weight excluding hydrogens is 1120 g/mol. The summed E-state index contributed by atoms with van der Waals surface area (Å²) in [6, 6.07) is 11.5. The van der Waals surface area contributed by atoms with E-state index in [4.69, 9.17) is 28.4 Å². The van der Waals surface area contributed by atoms with Crippen molar-refractivity contribution in [2.24, 2.45) is 0 Å². The molecular formula is C81H120O9. The van der Waals surface area contributed by atoms with Crippen molar-refractivity contribution in [1.82, 2.24) is 0 Å². The summed E-state index contributed by atoms with van der Waals surface area (Å²) in [7, 11) is 0. The third kappa shape index (κ3) is 20.8. The van der Waals surface area contributed by atoms with Crippen LogP contribution in [-0.2, 0) is 0 Å². The number of benzene rings is 4. The quantitative estimate of drug-likeness (QED) is 0.0345. The van der Waals surface area contributed by atoms with Gasteiger partial charge in [0.1, 0.15) is 0 Å². The second kappa shape index (κ2) is 41.3. The molecule has 0 aliphatic heterocycles. The van der Waals surface area contributed by atoms with Crippen molar-refractivity contribution in [3.8, 4) is 34.5 Å². The minimum absolute atomic E-state index is 0.232. The molecule has 0 atom stereocenters. The first-order valence-corrected chi connectivity index (χ1v) is 37.5. The average molecular weight is 1240 g/mol. The van der Waals surface area contributed by atoms with Gasteiger partial charge in [-0.1, -0.05) is 273 Å². The number of fused-ring (bicyclic) bond motifs is 12. The molecule has 0 aliphatic rings. The van der Waals surface area contributed by atoms with Gasteiger partial charge in [-0.3, -0.25) is 14.4 Å². The van der Waals surface area contributed by atoms with Crippen LogP contribution in [0.1, 0.15) is 311 Å². The Kier molecular flexibility index (Phi) is 33.1. The normalized spacial score (nSPS) is 11.9. The summed E-state index contributed by atoms with van der Waals surface area (Å²) in [6.07, 6.45) is 48.5. The molecule has 0 radical (unpaired) electrons. The topological polar surface area (TPSA) is 107 Å². The van der Waals surface area contributed by atoms with E-state index < -0.39 is 0 Å². The zero-order chi connectivity index (χ0) is 63.6. The molecule has 0 N–H and O–H groups in total. The van der Waals surface area contributed by atoms with Gasteiger partial charge in [0.15, 0.2) is 50.8 Å². The van der Waals surface area contributed by atoms with E-state index in [1.54, 1.807) is 0 Å². The maximum absolute atomic E-state index is 15.9. The molecule has 7 aromatic rings. The highest BCUT2D eigenvalue weighted by Gasteiger charge is 2.30. The Morgan fingerprint density at radius 2 is 0.333 bits per heavy atom. The zero-order valence-electron chi connectivity index (χ0n) is 57.6. The molecule has 0 bridgehead atoms. The second-order valence-electron chi connectivity index (χ2n) is 26.6. The fourth-order valence-electron chi connectivity index (χ4n) is 13.6. The summed E-state index contributed by atoms with van der Waals surface area (Å²) in [5, 5.41) is 5.99. The van der Waals surface area contributed by atoms with Crippen LogP contribution in [0.2, 0.25) is 0 Å². The van der Waals surface area contributed by atoms with Gasteiger partial charge in [0.25, 0.3) is 0 Å². The van der Waals surface area contributed by atoms with Gasteiger partial charge in [0, 0.05) is 48.5 Å². The van der Waals surface area contributed by atoms with Gasteiger partial charge < -0.3 is 28.4 Å². The summed E-state index contributed by atoms with van der Waals surface area (Å²) >= 11 is 0. The van der Waals surface area contributed by atoms with Crippen LogP contribution in [0.15, 0.2) is 50.8 Å². The van der Waals surface area contributed by atoms with Gasteiger partial charge in [0.2, 0.25) is 0 Å². The predicted octanol–water partition coefficient (Wildman–Crippen LogP) is 23.8.